The zero-order valence-corrected chi connectivity index (χ0v) is 15.2. The molecule has 2 rings (SSSR count). The summed E-state index contributed by atoms with van der Waals surface area (Å²) in [6.45, 7) is 5.46. The lowest BCUT2D eigenvalue weighted by Crippen LogP contribution is -2.16. The Hall–Kier alpha value is -1.49. The van der Waals surface area contributed by atoms with Gasteiger partial charge in [0.2, 0.25) is 0 Å². The highest BCUT2D eigenvalue weighted by molar-refractivity contribution is 6.32. The molecule has 0 radical (unpaired) electrons. The van der Waals surface area contributed by atoms with Crippen LogP contribution in [0.5, 0.6) is 5.75 Å². The maximum atomic E-state index is 6.16. The maximum Gasteiger partial charge on any atom is 0.137 e. The van der Waals surface area contributed by atoms with E-state index in [4.69, 9.17) is 25.5 Å². The van der Waals surface area contributed by atoms with Crippen LogP contribution in [0.15, 0.2) is 34.7 Å². The lowest BCUT2D eigenvalue weighted by Gasteiger charge is -2.05. The highest BCUT2D eigenvalue weighted by Crippen LogP contribution is 2.31. The molecule has 1 N–H and O–H groups in total. The van der Waals surface area contributed by atoms with E-state index >= 15 is 0 Å². The van der Waals surface area contributed by atoms with E-state index in [1.165, 1.54) is 6.42 Å². The molecule has 1 aromatic heterocycles. The molecule has 4 nitrogen and oxygen atoms in total. The highest BCUT2D eigenvalue weighted by atomic mass is 35.5. The summed E-state index contributed by atoms with van der Waals surface area (Å²) < 4.78 is 16.6. The zero-order chi connectivity index (χ0) is 17.2. The van der Waals surface area contributed by atoms with Crippen molar-refractivity contribution in [3.63, 3.8) is 0 Å². The number of rotatable bonds is 11. The summed E-state index contributed by atoms with van der Waals surface area (Å²) in [4.78, 5) is 0. The lowest BCUT2D eigenvalue weighted by molar-refractivity contribution is 0.128. The van der Waals surface area contributed by atoms with Gasteiger partial charge in [-0.2, -0.15) is 0 Å². The molecule has 1 heterocycles. The Morgan fingerprint density at radius 2 is 1.96 bits per heavy atom. The van der Waals surface area contributed by atoms with Gasteiger partial charge in [-0.25, -0.2) is 0 Å². The van der Waals surface area contributed by atoms with Gasteiger partial charge in [0.05, 0.1) is 18.7 Å². The van der Waals surface area contributed by atoms with Crippen LogP contribution in [0.3, 0.4) is 0 Å². The van der Waals surface area contributed by atoms with E-state index in [-0.39, 0.29) is 0 Å². The molecule has 1 aromatic carbocycles. The van der Waals surface area contributed by atoms with Gasteiger partial charge in [-0.1, -0.05) is 24.9 Å². The number of hydrogen-bond acceptors (Lipinski definition) is 4. The van der Waals surface area contributed by atoms with Crippen molar-refractivity contribution in [1.82, 2.24) is 5.32 Å². The zero-order valence-electron chi connectivity index (χ0n) is 14.4. The Bertz CT molecular complexity index is 612. The second-order valence-electron chi connectivity index (χ2n) is 5.61. The van der Waals surface area contributed by atoms with E-state index in [0.717, 1.165) is 49.7 Å². The second-order valence-corrected chi connectivity index (χ2v) is 6.02. The van der Waals surface area contributed by atoms with E-state index in [2.05, 4.69) is 12.2 Å². The monoisotopic (exact) mass is 351 g/mol. The van der Waals surface area contributed by atoms with E-state index < -0.39 is 0 Å². The SMILES string of the molecule is CCCCOCCCNCc1ccc(-c2ccc(OC)c(Cl)c2)o1. The molecule has 2 aromatic rings. The molecule has 0 aliphatic rings. The quantitative estimate of drug-likeness (QED) is 0.584. The van der Waals surface area contributed by atoms with Crippen LogP contribution in [0.1, 0.15) is 31.9 Å². The summed E-state index contributed by atoms with van der Waals surface area (Å²) in [6.07, 6.45) is 3.32. The summed E-state index contributed by atoms with van der Waals surface area (Å²) in [5.74, 6) is 2.37. The molecule has 0 bridgehead atoms. The highest BCUT2D eigenvalue weighted by Gasteiger charge is 2.08. The summed E-state index contributed by atoms with van der Waals surface area (Å²) in [6, 6.07) is 9.58. The number of halogens is 1. The average Bonchev–Trinajstić information content (AvgIpc) is 3.06. The van der Waals surface area contributed by atoms with Crippen LogP contribution >= 0.6 is 11.6 Å². The molecular formula is C19H26ClNO3. The molecule has 0 unspecified atom stereocenters. The lowest BCUT2D eigenvalue weighted by atomic mass is 10.2. The molecule has 132 valence electrons. The Balaban J connectivity index is 1.74. The van der Waals surface area contributed by atoms with Crippen LogP contribution in [0.25, 0.3) is 11.3 Å². The van der Waals surface area contributed by atoms with Crippen LogP contribution in [0, 0.1) is 0 Å². The van der Waals surface area contributed by atoms with Crippen molar-refractivity contribution in [3.05, 3.63) is 41.1 Å². The molecule has 0 amide bonds. The first-order chi connectivity index (χ1) is 11.7. The number of unbranched alkanes of at least 4 members (excludes halogenated alkanes) is 1. The molecule has 0 saturated heterocycles. The third-order valence-electron chi connectivity index (χ3n) is 3.68. The van der Waals surface area contributed by atoms with E-state index in [0.29, 0.717) is 17.3 Å². The molecule has 0 atom stereocenters. The number of nitrogens with one attached hydrogen (secondary N) is 1. The maximum absolute atomic E-state index is 6.16. The number of furan rings is 1. The molecule has 0 fully saturated rings. The van der Waals surface area contributed by atoms with Crippen LogP contribution in [0.4, 0.5) is 0 Å². The van der Waals surface area contributed by atoms with Gasteiger partial charge < -0.3 is 19.2 Å². The van der Waals surface area contributed by atoms with E-state index in [1.807, 2.05) is 30.3 Å². The second kappa shape index (κ2) is 10.4. The average molecular weight is 352 g/mol. The largest absolute Gasteiger partial charge is 0.495 e. The predicted molar refractivity (Wildman–Crippen MR) is 97.8 cm³/mol. The Morgan fingerprint density at radius 3 is 2.71 bits per heavy atom. The number of ether oxygens (including phenoxy) is 2. The summed E-state index contributed by atoms with van der Waals surface area (Å²) >= 11 is 6.16. The van der Waals surface area contributed by atoms with Crippen molar-refractivity contribution in [3.8, 4) is 17.1 Å². The van der Waals surface area contributed by atoms with Gasteiger partial charge in [0.1, 0.15) is 17.3 Å². The van der Waals surface area contributed by atoms with Crippen molar-refractivity contribution >= 4 is 11.6 Å². The Labute approximate surface area is 149 Å². The van der Waals surface area contributed by atoms with Gasteiger partial charge >= 0.3 is 0 Å². The minimum absolute atomic E-state index is 0.578. The number of methoxy groups -OCH3 is 1. The van der Waals surface area contributed by atoms with Crippen LogP contribution in [-0.4, -0.2) is 26.9 Å². The third-order valence-corrected chi connectivity index (χ3v) is 3.98. The van der Waals surface area contributed by atoms with Gasteiger partial charge in [-0.05, 0) is 49.7 Å². The molecule has 0 aliphatic heterocycles. The van der Waals surface area contributed by atoms with Crippen LogP contribution in [-0.2, 0) is 11.3 Å². The first kappa shape index (κ1) is 18.8. The van der Waals surface area contributed by atoms with Crippen molar-refractivity contribution in [2.24, 2.45) is 0 Å². The Morgan fingerprint density at radius 1 is 1.12 bits per heavy atom. The van der Waals surface area contributed by atoms with Crippen molar-refractivity contribution in [2.45, 2.75) is 32.7 Å². The van der Waals surface area contributed by atoms with Gasteiger partial charge in [0, 0.05) is 18.8 Å². The predicted octanol–water partition coefficient (Wildman–Crippen LogP) is 4.91. The smallest absolute Gasteiger partial charge is 0.137 e. The van der Waals surface area contributed by atoms with Gasteiger partial charge in [0.15, 0.2) is 0 Å². The first-order valence-electron chi connectivity index (χ1n) is 8.45. The fourth-order valence-electron chi connectivity index (χ4n) is 2.31. The number of hydrogen-bond donors (Lipinski definition) is 1. The minimum Gasteiger partial charge on any atom is -0.495 e. The van der Waals surface area contributed by atoms with Crippen molar-refractivity contribution in [1.29, 1.82) is 0 Å². The van der Waals surface area contributed by atoms with Crippen molar-refractivity contribution in [2.75, 3.05) is 26.9 Å². The third kappa shape index (κ3) is 5.86. The molecular weight excluding hydrogens is 326 g/mol. The minimum atomic E-state index is 0.578. The molecule has 5 heteroatoms. The standard InChI is InChI=1S/C19H26ClNO3/c1-3-4-11-23-12-5-10-21-14-16-7-9-18(24-16)15-6-8-19(22-2)17(20)13-15/h6-9,13,21H,3-5,10-12,14H2,1-2H3. The van der Waals surface area contributed by atoms with E-state index in [9.17, 15) is 0 Å². The van der Waals surface area contributed by atoms with Gasteiger partial charge in [-0.3, -0.25) is 0 Å². The van der Waals surface area contributed by atoms with Crippen molar-refractivity contribution < 1.29 is 13.9 Å². The van der Waals surface area contributed by atoms with Crippen LogP contribution < -0.4 is 10.1 Å². The molecule has 0 aliphatic carbocycles. The summed E-state index contributed by atoms with van der Waals surface area (Å²) in [5.41, 5.74) is 0.941. The van der Waals surface area contributed by atoms with Gasteiger partial charge in [-0.15, -0.1) is 0 Å². The van der Waals surface area contributed by atoms with E-state index in [1.54, 1.807) is 7.11 Å². The number of benzene rings is 1. The summed E-state index contributed by atoms with van der Waals surface area (Å²) in [7, 11) is 1.60. The molecule has 0 saturated carbocycles. The topological polar surface area (TPSA) is 43.6 Å². The summed E-state index contributed by atoms with van der Waals surface area (Å²) in [5, 5.41) is 3.95. The fourth-order valence-corrected chi connectivity index (χ4v) is 2.56. The van der Waals surface area contributed by atoms with Gasteiger partial charge in [0.25, 0.3) is 0 Å². The molecule has 24 heavy (non-hydrogen) atoms. The van der Waals surface area contributed by atoms with Crippen LogP contribution in [0.2, 0.25) is 5.02 Å². The Kier molecular flexibility index (Phi) is 8.16. The first-order valence-corrected chi connectivity index (χ1v) is 8.83. The fraction of sp³-hybridized carbons (Fsp3) is 0.474. The molecule has 0 spiro atoms. The normalized spacial score (nSPS) is 11.0.